The zero-order chi connectivity index (χ0) is 11.5. The van der Waals surface area contributed by atoms with E-state index in [1.807, 2.05) is 25.1 Å². The first-order chi connectivity index (χ1) is 7.70. The third kappa shape index (κ3) is 3.11. The van der Waals surface area contributed by atoms with Gasteiger partial charge >= 0.3 is 6.09 Å². The summed E-state index contributed by atoms with van der Waals surface area (Å²) in [6.07, 6.45) is 1.56. The minimum atomic E-state index is -0.422. The highest BCUT2D eigenvalue weighted by Gasteiger charge is 2.19. The van der Waals surface area contributed by atoms with E-state index >= 15 is 0 Å². The molecule has 1 aliphatic carbocycles. The van der Waals surface area contributed by atoms with Crippen molar-refractivity contribution >= 4 is 18.5 Å². The number of benzene rings is 1. The molecule has 0 aromatic heterocycles. The lowest BCUT2D eigenvalue weighted by atomic mass is 10.1. The monoisotopic (exact) mass is 256 g/mol. The van der Waals surface area contributed by atoms with E-state index in [1.165, 1.54) is 5.56 Å². The number of carbonyl (C=O) groups excluding carboxylic acids is 1. The molecule has 0 bridgehead atoms. The van der Waals surface area contributed by atoms with E-state index in [0.717, 1.165) is 18.4 Å². The Bertz CT molecular complexity index is 409. The van der Waals surface area contributed by atoms with Crippen molar-refractivity contribution in [3.8, 4) is 5.75 Å². The maximum atomic E-state index is 11.2. The minimum absolute atomic E-state index is 0. The molecular weight excluding hydrogens is 240 g/mol. The number of carbonyl (C=O) groups is 1. The van der Waals surface area contributed by atoms with Crippen LogP contribution in [-0.4, -0.2) is 12.6 Å². The molecule has 1 aliphatic rings. The van der Waals surface area contributed by atoms with Crippen LogP contribution in [0.4, 0.5) is 4.79 Å². The second-order valence-electron chi connectivity index (χ2n) is 3.93. The van der Waals surface area contributed by atoms with Crippen LogP contribution in [-0.2, 0) is 6.42 Å². The fourth-order valence-corrected chi connectivity index (χ4v) is 1.96. The van der Waals surface area contributed by atoms with Crippen molar-refractivity contribution in [3.05, 3.63) is 29.3 Å². The molecule has 17 heavy (non-hydrogen) atoms. The average molecular weight is 257 g/mol. The predicted octanol–water partition coefficient (Wildman–Crippen LogP) is 2.16. The number of halogens is 1. The van der Waals surface area contributed by atoms with Crippen LogP contribution in [0.25, 0.3) is 0 Å². The SMILES string of the molecule is CCNC(=O)Oc1ccc2c(c1)C(N)CC2.Cl. The molecule has 1 amide bonds. The largest absolute Gasteiger partial charge is 0.412 e. The summed E-state index contributed by atoms with van der Waals surface area (Å²) in [6, 6.07) is 5.73. The fourth-order valence-electron chi connectivity index (χ4n) is 1.96. The first-order valence-electron chi connectivity index (χ1n) is 5.54. The number of aryl methyl sites for hydroxylation is 1. The topological polar surface area (TPSA) is 64.3 Å². The van der Waals surface area contributed by atoms with Gasteiger partial charge in [0, 0.05) is 12.6 Å². The van der Waals surface area contributed by atoms with Crippen molar-refractivity contribution in [1.29, 1.82) is 0 Å². The molecule has 1 aromatic carbocycles. The summed E-state index contributed by atoms with van der Waals surface area (Å²) in [7, 11) is 0. The van der Waals surface area contributed by atoms with Gasteiger partial charge in [-0.15, -0.1) is 12.4 Å². The van der Waals surface area contributed by atoms with Gasteiger partial charge in [0.05, 0.1) is 0 Å². The van der Waals surface area contributed by atoms with Gasteiger partial charge in [0.2, 0.25) is 0 Å². The van der Waals surface area contributed by atoms with Crippen molar-refractivity contribution in [2.24, 2.45) is 5.73 Å². The number of nitrogens with two attached hydrogens (primary N) is 1. The van der Waals surface area contributed by atoms with Crippen LogP contribution in [0.2, 0.25) is 0 Å². The van der Waals surface area contributed by atoms with Crippen LogP contribution in [0.5, 0.6) is 5.75 Å². The van der Waals surface area contributed by atoms with Crippen LogP contribution in [0.3, 0.4) is 0 Å². The quantitative estimate of drug-likeness (QED) is 0.852. The lowest BCUT2D eigenvalue weighted by Gasteiger charge is -2.08. The van der Waals surface area contributed by atoms with E-state index in [-0.39, 0.29) is 18.4 Å². The van der Waals surface area contributed by atoms with Crippen LogP contribution in [0.15, 0.2) is 18.2 Å². The molecule has 0 saturated carbocycles. The van der Waals surface area contributed by atoms with Gasteiger partial charge in [-0.3, -0.25) is 0 Å². The number of hydrogen-bond acceptors (Lipinski definition) is 3. The van der Waals surface area contributed by atoms with Gasteiger partial charge in [-0.1, -0.05) is 6.07 Å². The van der Waals surface area contributed by atoms with Crippen molar-refractivity contribution in [3.63, 3.8) is 0 Å². The number of fused-ring (bicyclic) bond motifs is 1. The summed E-state index contributed by atoms with van der Waals surface area (Å²) in [5.41, 5.74) is 8.31. The lowest BCUT2D eigenvalue weighted by Crippen LogP contribution is -2.26. The molecule has 1 aromatic rings. The van der Waals surface area contributed by atoms with E-state index in [1.54, 1.807) is 0 Å². The Hall–Kier alpha value is -1.26. The highest BCUT2D eigenvalue weighted by atomic mass is 35.5. The summed E-state index contributed by atoms with van der Waals surface area (Å²) in [6.45, 7) is 2.41. The van der Waals surface area contributed by atoms with Gasteiger partial charge in [0.25, 0.3) is 0 Å². The first kappa shape index (κ1) is 13.8. The maximum Gasteiger partial charge on any atom is 0.412 e. The van der Waals surface area contributed by atoms with Gasteiger partial charge < -0.3 is 15.8 Å². The second kappa shape index (κ2) is 5.89. The van der Waals surface area contributed by atoms with Crippen molar-refractivity contribution < 1.29 is 9.53 Å². The highest BCUT2D eigenvalue weighted by molar-refractivity contribution is 5.85. The Morgan fingerprint density at radius 2 is 2.35 bits per heavy atom. The van der Waals surface area contributed by atoms with Gasteiger partial charge in [-0.05, 0) is 43.0 Å². The highest BCUT2D eigenvalue weighted by Crippen LogP contribution is 2.31. The molecule has 1 atom stereocenters. The third-order valence-electron chi connectivity index (χ3n) is 2.77. The van der Waals surface area contributed by atoms with Crippen LogP contribution >= 0.6 is 12.4 Å². The number of ether oxygens (including phenoxy) is 1. The maximum absolute atomic E-state index is 11.2. The van der Waals surface area contributed by atoms with Crippen molar-refractivity contribution in [2.75, 3.05) is 6.54 Å². The molecule has 0 fully saturated rings. The molecule has 0 spiro atoms. The van der Waals surface area contributed by atoms with Crippen LogP contribution < -0.4 is 15.8 Å². The second-order valence-corrected chi connectivity index (χ2v) is 3.93. The molecule has 0 saturated heterocycles. The molecule has 5 heteroatoms. The lowest BCUT2D eigenvalue weighted by molar-refractivity contribution is 0.201. The first-order valence-corrected chi connectivity index (χ1v) is 5.54. The standard InChI is InChI=1S/C12H16N2O2.ClH/c1-2-14-12(15)16-9-5-3-8-4-6-11(13)10(8)7-9;/h3,5,7,11H,2,4,6,13H2,1H3,(H,14,15);1H. The predicted molar refractivity (Wildman–Crippen MR) is 68.6 cm³/mol. The molecule has 94 valence electrons. The summed E-state index contributed by atoms with van der Waals surface area (Å²) in [5, 5.41) is 2.58. The minimum Gasteiger partial charge on any atom is -0.410 e. The molecular formula is C12H17ClN2O2. The van der Waals surface area contributed by atoms with E-state index in [9.17, 15) is 4.79 Å². The summed E-state index contributed by atoms with van der Waals surface area (Å²) >= 11 is 0. The van der Waals surface area contributed by atoms with E-state index < -0.39 is 6.09 Å². The fraction of sp³-hybridized carbons (Fsp3) is 0.417. The van der Waals surface area contributed by atoms with E-state index in [2.05, 4.69) is 5.32 Å². The molecule has 4 nitrogen and oxygen atoms in total. The molecule has 0 radical (unpaired) electrons. The van der Waals surface area contributed by atoms with Crippen molar-refractivity contribution in [1.82, 2.24) is 5.32 Å². The Labute approximate surface area is 107 Å². The molecule has 0 heterocycles. The number of amides is 1. The molecule has 3 N–H and O–H groups in total. The molecule has 1 unspecified atom stereocenters. The van der Waals surface area contributed by atoms with Gasteiger partial charge in [-0.2, -0.15) is 0 Å². The zero-order valence-corrected chi connectivity index (χ0v) is 10.5. The third-order valence-corrected chi connectivity index (χ3v) is 2.77. The number of hydrogen-bond donors (Lipinski definition) is 2. The Morgan fingerprint density at radius 1 is 1.59 bits per heavy atom. The Morgan fingerprint density at radius 3 is 3.06 bits per heavy atom. The van der Waals surface area contributed by atoms with E-state index in [4.69, 9.17) is 10.5 Å². The summed E-state index contributed by atoms with van der Waals surface area (Å²) in [4.78, 5) is 11.2. The van der Waals surface area contributed by atoms with Gasteiger partial charge in [0.1, 0.15) is 5.75 Å². The summed E-state index contributed by atoms with van der Waals surface area (Å²) < 4.78 is 5.12. The van der Waals surface area contributed by atoms with E-state index in [0.29, 0.717) is 12.3 Å². The molecule has 0 aliphatic heterocycles. The average Bonchev–Trinajstić information content (AvgIpc) is 2.61. The van der Waals surface area contributed by atoms with Crippen LogP contribution in [0.1, 0.15) is 30.5 Å². The number of nitrogens with one attached hydrogen (secondary N) is 1. The summed E-state index contributed by atoms with van der Waals surface area (Å²) in [5.74, 6) is 0.557. The smallest absolute Gasteiger partial charge is 0.410 e. The van der Waals surface area contributed by atoms with Crippen LogP contribution in [0, 0.1) is 0 Å². The normalized spacial score (nSPS) is 16.9. The molecule has 2 rings (SSSR count). The van der Waals surface area contributed by atoms with Crippen molar-refractivity contribution in [2.45, 2.75) is 25.8 Å². The van der Waals surface area contributed by atoms with Gasteiger partial charge in [0.15, 0.2) is 0 Å². The van der Waals surface area contributed by atoms with Gasteiger partial charge in [-0.25, -0.2) is 4.79 Å². The number of rotatable bonds is 2. The Balaban J connectivity index is 0.00000144. The Kier molecular flexibility index (Phi) is 4.78. The zero-order valence-electron chi connectivity index (χ0n) is 9.73.